The van der Waals surface area contributed by atoms with Crippen LogP contribution in [0.5, 0.6) is 0 Å². The summed E-state index contributed by atoms with van der Waals surface area (Å²) in [6.07, 6.45) is 3.53. The summed E-state index contributed by atoms with van der Waals surface area (Å²) in [6, 6.07) is 2.22. The molecule has 1 aromatic heterocycles. The number of rotatable bonds is 7. The highest BCUT2D eigenvalue weighted by molar-refractivity contribution is 5.80. The Balaban J connectivity index is 1.96. The van der Waals surface area contributed by atoms with E-state index >= 15 is 0 Å². The second-order valence-corrected chi connectivity index (χ2v) is 5.16. The molecule has 21 heavy (non-hydrogen) atoms. The number of hydrogen-bond acceptors (Lipinski definition) is 5. The zero-order valence-corrected chi connectivity index (χ0v) is 12.6. The summed E-state index contributed by atoms with van der Waals surface area (Å²) in [5, 5.41) is 23.6. The average molecular weight is 287 g/mol. The topological polar surface area (TPSA) is 90.7 Å². The van der Waals surface area contributed by atoms with Crippen molar-refractivity contribution in [3.63, 3.8) is 0 Å². The quantitative estimate of drug-likeness (QED) is 0.740. The van der Waals surface area contributed by atoms with Crippen LogP contribution in [0.4, 0.5) is 5.82 Å². The van der Waals surface area contributed by atoms with Crippen molar-refractivity contribution >= 4 is 11.7 Å². The van der Waals surface area contributed by atoms with Crippen molar-refractivity contribution in [1.82, 2.24) is 15.5 Å². The minimum absolute atomic E-state index is 0.124. The van der Waals surface area contributed by atoms with Crippen molar-refractivity contribution in [3.8, 4) is 6.07 Å². The first-order valence-electron chi connectivity index (χ1n) is 7.51. The number of nitrogens with one attached hydrogen (secondary N) is 2. The summed E-state index contributed by atoms with van der Waals surface area (Å²) in [7, 11) is 0. The third kappa shape index (κ3) is 3.69. The zero-order chi connectivity index (χ0) is 15.2. The third-order valence-corrected chi connectivity index (χ3v) is 3.62. The van der Waals surface area contributed by atoms with Gasteiger partial charge in [-0.15, -0.1) is 5.10 Å². The van der Waals surface area contributed by atoms with Crippen molar-refractivity contribution in [3.05, 3.63) is 16.8 Å². The maximum atomic E-state index is 11.5. The summed E-state index contributed by atoms with van der Waals surface area (Å²) < 4.78 is 0. The highest BCUT2D eigenvalue weighted by atomic mass is 16.2. The number of aryl methyl sites for hydroxylation is 1. The molecule has 0 aliphatic heterocycles. The molecule has 0 spiro atoms. The molecule has 0 radical (unpaired) electrons. The molecule has 1 heterocycles. The minimum atomic E-state index is 0.124. The average Bonchev–Trinajstić information content (AvgIpc) is 3.35. The lowest BCUT2D eigenvalue weighted by molar-refractivity contribution is -0.122. The normalized spacial score (nSPS) is 13.6. The largest absolute Gasteiger partial charge is 0.366 e. The van der Waals surface area contributed by atoms with Crippen molar-refractivity contribution in [2.24, 2.45) is 5.92 Å². The van der Waals surface area contributed by atoms with Crippen molar-refractivity contribution in [1.29, 1.82) is 5.26 Å². The van der Waals surface area contributed by atoms with E-state index in [1.165, 1.54) is 0 Å². The van der Waals surface area contributed by atoms with E-state index in [-0.39, 0.29) is 11.8 Å². The van der Waals surface area contributed by atoms with Crippen LogP contribution in [0.1, 0.15) is 43.5 Å². The third-order valence-electron chi connectivity index (χ3n) is 3.62. The van der Waals surface area contributed by atoms with Gasteiger partial charge >= 0.3 is 0 Å². The fourth-order valence-corrected chi connectivity index (χ4v) is 2.27. The number of carbonyl (C=O) groups excluding carboxylic acids is 1. The molecule has 112 valence electrons. The van der Waals surface area contributed by atoms with E-state index in [0.717, 1.165) is 36.9 Å². The molecular formula is C15H21N5O. The van der Waals surface area contributed by atoms with E-state index < -0.39 is 0 Å². The minimum Gasteiger partial charge on any atom is -0.366 e. The Bertz CT molecular complexity index is 560. The van der Waals surface area contributed by atoms with Gasteiger partial charge in [0.25, 0.3) is 0 Å². The van der Waals surface area contributed by atoms with Crippen molar-refractivity contribution < 1.29 is 4.79 Å². The Morgan fingerprint density at radius 3 is 2.62 bits per heavy atom. The molecule has 0 saturated heterocycles. The van der Waals surface area contributed by atoms with Gasteiger partial charge in [-0.05, 0) is 31.2 Å². The molecule has 6 heteroatoms. The number of nitrogens with zero attached hydrogens (tertiary/aromatic N) is 3. The van der Waals surface area contributed by atoms with E-state index in [2.05, 4.69) is 26.9 Å². The van der Waals surface area contributed by atoms with Gasteiger partial charge in [0.15, 0.2) is 5.82 Å². The maximum Gasteiger partial charge on any atom is 0.223 e. The molecule has 1 aliphatic rings. The monoisotopic (exact) mass is 287 g/mol. The number of aromatic nitrogens is 2. The molecule has 0 unspecified atom stereocenters. The Labute approximate surface area is 125 Å². The van der Waals surface area contributed by atoms with E-state index in [0.29, 0.717) is 24.5 Å². The second-order valence-electron chi connectivity index (χ2n) is 5.16. The van der Waals surface area contributed by atoms with Gasteiger partial charge in [0.2, 0.25) is 5.91 Å². The zero-order valence-electron chi connectivity index (χ0n) is 12.6. The first-order valence-corrected chi connectivity index (χ1v) is 7.51. The van der Waals surface area contributed by atoms with Gasteiger partial charge in [-0.2, -0.15) is 10.4 Å². The lowest BCUT2D eigenvalue weighted by Crippen LogP contribution is -2.30. The molecule has 1 saturated carbocycles. The van der Waals surface area contributed by atoms with Gasteiger partial charge in [-0.1, -0.05) is 13.8 Å². The van der Waals surface area contributed by atoms with Crippen molar-refractivity contribution in [2.45, 2.75) is 39.5 Å². The van der Waals surface area contributed by atoms with Crippen LogP contribution in [0.15, 0.2) is 0 Å². The molecule has 1 amide bonds. The Kier molecular flexibility index (Phi) is 5.09. The summed E-state index contributed by atoms with van der Waals surface area (Å²) in [5.41, 5.74) is 2.40. The first kappa shape index (κ1) is 15.2. The Morgan fingerprint density at radius 2 is 2.05 bits per heavy atom. The van der Waals surface area contributed by atoms with Crippen LogP contribution in [-0.2, 0) is 17.6 Å². The number of nitriles is 1. The van der Waals surface area contributed by atoms with E-state index in [1.54, 1.807) is 0 Å². The smallest absolute Gasteiger partial charge is 0.223 e. The molecule has 2 N–H and O–H groups in total. The number of hydrogen-bond donors (Lipinski definition) is 2. The summed E-state index contributed by atoms with van der Waals surface area (Å²) in [4.78, 5) is 11.5. The maximum absolute atomic E-state index is 11.5. The first-order chi connectivity index (χ1) is 10.2. The number of anilines is 1. The van der Waals surface area contributed by atoms with Crippen LogP contribution in [0.25, 0.3) is 0 Å². The molecular weight excluding hydrogens is 266 g/mol. The predicted molar refractivity (Wildman–Crippen MR) is 79.7 cm³/mol. The van der Waals surface area contributed by atoms with E-state index in [4.69, 9.17) is 0 Å². The highest BCUT2D eigenvalue weighted by Gasteiger charge is 2.29. The van der Waals surface area contributed by atoms with Crippen LogP contribution >= 0.6 is 0 Å². The predicted octanol–water partition coefficient (Wildman–Crippen LogP) is 1.41. The van der Waals surface area contributed by atoms with Crippen LogP contribution < -0.4 is 10.6 Å². The van der Waals surface area contributed by atoms with Gasteiger partial charge in [-0.3, -0.25) is 4.79 Å². The molecule has 0 bridgehead atoms. The molecule has 0 atom stereocenters. The van der Waals surface area contributed by atoms with Crippen molar-refractivity contribution in [2.75, 3.05) is 18.4 Å². The van der Waals surface area contributed by atoms with Gasteiger partial charge in [0, 0.05) is 19.0 Å². The summed E-state index contributed by atoms with van der Waals surface area (Å²) >= 11 is 0. The molecule has 0 aromatic carbocycles. The van der Waals surface area contributed by atoms with Crippen LogP contribution in [0.2, 0.25) is 0 Å². The van der Waals surface area contributed by atoms with Gasteiger partial charge in [0.05, 0.1) is 5.69 Å². The van der Waals surface area contributed by atoms with Crippen LogP contribution in [0, 0.1) is 17.2 Å². The summed E-state index contributed by atoms with van der Waals surface area (Å²) in [5.74, 6) is 0.848. The van der Waals surface area contributed by atoms with Gasteiger partial charge in [0.1, 0.15) is 11.6 Å². The van der Waals surface area contributed by atoms with E-state index in [1.807, 2.05) is 13.8 Å². The Hall–Kier alpha value is -2.16. The molecule has 1 aromatic rings. The molecule has 2 rings (SSSR count). The van der Waals surface area contributed by atoms with Crippen LogP contribution in [0.3, 0.4) is 0 Å². The van der Waals surface area contributed by atoms with E-state index in [9.17, 15) is 10.1 Å². The lowest BCUT2D eigenvalue weighted by Gasteiger charge is -2.12. The number of amides is 1. The molecule has 1 aliphatic carbocycles. The number of carbonyl (C=O) groups is 1. The second kappa shape index (κ2) is 7.02. The van der Waals surface area contributed by atoms with Gasteiger partial charge < -0.3 is 10.6 Å². The molecule has 1 fully saturated rings. The lowest BCUT2D eigenvalue weighted by atomic mass is 10.0. The SMILES string of the molecule is CCc1nnc(NCCNC(=O)C2CC2)c(C#N)c1CC. The fraction of sp³-hybridized carbons (Fsp3) is 0.600. The standard InChI is InChI=1S/C15H21N5O/c1-3-11-12(9-16)14(20-19-13(11)4-2)17-7-8-18-15(21)10-5-6-10/h10H,3-8H2,1-2H3,(H,17,20)(H,18,21). The highest BCUT2D eigenvalue weighted by Crippen LogP contribution is 2.28. The Morgan fingerprint density at radius 1 is 1.29 bits per heavy atom. The fourth-order valence-electron chi connectivity index (χ4n) is 2.27. The van der Waals surface area contributed by atoms with Crippen LogP contribution in [-0.4, -0.2) is 29.2 Å². The molecule has 6 nitrogen and oxygen atoms in total. The summed E-state index contributed by atoms with van der Waals surface area (Å²) in [6.45, 7) is 5.08. The van der Waals surface area contributed by atoms with Gasteiger partial charge in [-0.25, -0.2) is 0 Å².